The Hall–Kier alpha value is -2.93. The molecule has 0 spiro atoms. The number of nitrogens with zero attached hydrogens (tertiary/aromatic N) is 1. The molecule has 0 radical (unpaired) electrons. The SMILES string of the molecule is COCCOc1ccc(C(=O)N2[C@H]3CCCCC(=O)N[C@@]3(C)C[C@H]2c2ccc(F)cc2)cc1. The predicted octanol–water partition coefficient (Wildman–Crippen LogP) is 4.26. The van der Waals surface area contributed by atoms with Crippen LogP contribution in [0, 0.1) is 5.82 Å². The number of rotatable bonds is 6. The van der Waals surface area contributed by atoms with Gasteiger partial charge in [-0.15, -0.1) is 0 Å². The number of amides is 2. The lowest BCUT2D eigenvalue weighted by molar-refractivity contribution is -0.123. The molecule has 2 aromatic rings. The molecule has 6 nitrogen and oxygen atoms in total. The Labute approximate surface area is 194 Å². The van der Waals surface area contributed by atoms with Gasteiger partial charge in [-0.3, -0.25) is 9.59 Å². The maximum atomic E-state index is 13.8. The number of fused-ring (bicyclic) bond motifs is 1. The van der Waals surface area contributed by atoms with E-state index in [1.165, 1.54) is 12.1 Å². The molecule has 0 bridgehead atoms. The van der Waals surface area contributed by atoms with Gasteiger partial charge in [-0.2, -0.15) is 0 Å². The van der Waals surface area contributed by atoms with Crippen LogP contribution in [0.5, 0.6) is 5.75 Å². The standard InChI is InChI=1S/C26H31FN2O4/c1-26-17-22(18-7-11-20(27)12-8-18)29(23(26)5-3-4-6-24(30)28-26)25(31)19-9-13-21(14-10-19)33-16-15-32-2/h7-14,22-23H,3-6,15-17H2,1-2H3,(H,28,30)/t22-,23-,26-/m0/s1. The van der Waals surface area contributed by atoms with Crippen LogP contribution >= 0.6 is 0 Å². The Bertz CT molecular complexity index is 979. The number of carbonyl (C=O) groups excluding carboxylic acids is 2. The Morgan fingerprint density at radius 1 is 1.12 bits per heavy atom. The van der Waals surface area contributed by atoms with Gasteiger partial charge in [-0.1, -0.05) is 18.6 Å². The van der Waals surface area contributed by atoms with Gasteiger partial charge in [-0.05, 0) is 68.1 Å². The van der Waals surface area contributed by atoms with Gasteiger partial charge < -0.3 is 19.7 Å². The number of hydrogen-bond acceptors (Lipinski definition) is 4. The van der Waals surface area contributed by atoms with Crippen molar-refractivity contribution in [1.29, 1.82) is 0 Å². The van der Waals surface area contributed by atoms with Gasteiger partial charge in [0.05, 0.1) is 24.2 Å². The Balaban J connectivity index is 1.66. The van der Waals surface area contributed by atoms with Crippen LogP contribution in [0.3, 0.4) is 0 Å². The second-order valence-electron chi connectivity index (χ2n) is 9.08. The van der Waals surface area contributed by atoms with Crippen molar-refractivity contribution in [2.45, 2.75) is 56.7 Å². The Kier molecular flexibility index (Phi) is 6.98. The molecule has 2 heterocycles. The summed E-state index contributed by atoms with van der Waals surface area (Å²) in [7, 11) is 1.62. The molecule has 2 saturated heterocycles. The average molecular weight is 455 g/mol. The van der Waals surface area contributed by atoms with Crippen molar-refractivity contribution in [1.82, 2.24) is 10.2 Å². The largest absolute Gasteiger partial charge is 0.491 e. The maximum Gasteiger partial charge on any atom is 0.254 e. The molecule has 33 heavy (non-hydrogen) atoms. The van der Waals surface area contributed by atoms with E-state index in [4.69, 9.17) is 9.47 Å². The van der Waals surface area contributed by atoms with Crippen molar-refractivity contribution in [2.75, 3.05) is 20.3 Å². The molecule has 4 rings (SSSR count). The second-order valence-corrected chi connectivity index (χ2v) is 9.08. The lowest BCUT2D eigenvalue weighted by Gasteiger charge is -2.38. The third kappa shape index (κ3) is 5.03. The van der Waals surface area contributed by atoms with E-state index in [1.807, 2.05) is 11.8 Å². The van der Waals surface area contributed by atoms with Gasteiger partial charge in [0.25, 0.3) is 5.91 Å². The minimum Gasteiger partial charge on any atom is -0.491 e. The molecule has 0 aliphatic carbocycles. The van der Waals surface area contributed by atoms with Crippen molar-refractivity contribution >= 4 is 11.8 Å². The summed E-state index contributed by atoms with van der Waals surface area (Å²) in [6, 6.07) is 13.0. The molecule has 2 aliphatic heterocycles. The summed E-state index contributed by atoms with van der Waals surface area (Å²) in [6.07, 6.45) is 3.56. The molecule has 1 N–H and O–H groups in total. The minimum absolute atomic E-state index is 0.0203. The fourth-order valence-electron chi connectivity index (χ4n) is 5.09. The summed E-state index contributed by atoms with van der Waals surface area (Å²) >= 11 is 0. The normalized spacial score (nSPS) is 25.1. The van der Waals surface area contributed by atoms with Crippen molar-refractivity contribution in [2.24, 2.45) is 0 Å². The van der Waals surface area contributed by atoms with Gasteiger partial charge in [0, 0.05) is 19.1 Å². The zero-order chi connectivity index (χ0) is 23.4. The van der Waals surface area contributed by atoms with Gasteiger partial charge in [0.2, 0.25) is 5.91 Å². The van der Waals surface area contributed by atoms with E-state index in [2.05, 4.69) is 5.32 Å². The third-order valence-corrected chi connectivity index (χ3v) is 6.73. The molecule has 0 saturated carbocycles. The summed E-state index contributed by atoms with van der Waals surface area (Å²) in [4.78, 5) is 28.2. The molecule has 7 heteroatoms. The van der Waals surface area contributed by atoms with Gasteiger partial charge in [-0.25, -0.2) is 4.39 Å². The molecule has 176 valence electrons. The van der Waals surface area contributed by atoms with Crippen LogP contribution < -0.4 is 10.1 Å². The summed E-state index contributed by atoms with van der Waals surface area (Å²) in [5.41, 5.74) is 0.875. The predicted molar refractivity (Wildman–Crippen MR) is 123 cm³/mol. The Morgan fingerprint density at radius 2 is 1.85 bits per heavy atom. The number of carbonyl (C=O) groups is 2. The fourth-order valence-corrected chi connectivity index (χ4v) is 5.09. The first-order valence-corrected chi connectivity index (χ1v) is 11.5. The molecule has 2 amide bonds. The van der Waals surface area contributed by atoms with Gasteiger partial charge in [0.1, 0.15) is 18.2 Å². The van der Waals surface area contributed by atoms with Gasteiger partial charge in [0.15, 0.2) is 0 Å². The number of benzene rings is 2. The first kappa shape index (κ1) is 23.2. The van der Waals surface area contributed by atoms with Crippen LogP contribution in [0.25, 0.3) is 0 Å². The molecular weight excluding hydrogens is 423 g/mol. The van der Waals surface area contributed by atoms with E-state index in [1.54, 1.807) is 43.5 Å². The highest BCUT2D eigenvalue weighted by molar-refractivity contribution is 5.95. The molecule has 2 aliphatic rings. The number of likely N-dealkylation sites (tertiary alicyclic amines) is 1. The first-order chi connectivity index (χ1) is 15.9. The van der Waals surface area contributed by atoms with Crippen LogP contribution in [-0.2, 0) is 9.53 Å². The van der Waals surface area contributed by atoms with E-state index in [9.17, 15) is 14.0 Å². The number of hydrogen-bond donors (Lipinski definition) is 1. The number of methoxy groups -OCH3 is 1. The average Bonchev–Trinajstić information content (AvgIpc) is 3.07. The minimum atomic E-state index is -0.546. The van der Waals surface area contributed by atoms with Crippen molar-refractivity contribution in [3.8, 4) is 5.75 Å². The Morgan fingerprint density at radius 3 is 2.55 bits per heavy atom. The van der Waals surface area contributed by atoms with Crippen LogP contribution in [0.4, 0.5) is 4.39 Å². The quantitative estimate of drug-likeness (QED) is 0.663. The van der Waals surface area contributed by atoms with Crippen molar-refractivity contribution in [3.63, 3.8) is 0 Å². The first-order valence-electron chi connectivity index (χ1n) is 11.5. The lowest BCUT2D eigenvalue weighted by Crippen LogP contribution is -2.56. The molecular formula is C26H31FN2O4. The number of halogens is 1. The zero-order valence-corrected chi connectivity index (χ0v) is 19.2. The van der Waals surface area contributed by atoms with E-state index in [0.717, 1.165) is 24.8 Å². The lowest BCUT2D eigenvalue weighted by atomic mass is 9.85. The second kappa shape index (κ2) is 9.91. The number of nitrogens with one attached hydrogen (secondary N) is 1. The van der Waals surface area contributed by atoms with Crippen LogP contribution in [0.15, 0.2) is 48.5 Å². The molecule has 2 fully saturated rings. The van der Waals surface area contributed by atoms with Crippen molar-refractivity contribution in [3.05, 3.63) is 65.5 Å². The van der Waals surface area contributed by atoms with E-state index >= 15 is 0 Å². The van der Waals surface area contributed by atoms with Crippen LogP contribution in [0.1, 0.15) is 61.0 Å². The maximum absolute atomic E-state index is 13.8. The zero-order valence-electron chi connectivity index (χ0n) is 19.2. The summed E-state index contributed by atoms with van der Waals surface area (Å²) in [6.45, 7) is 2.94. The van der Waals surface area contributed by atoms with E-state index in [-0.39, 0.29) is 29.7 Å². The molecule has 2 aromatic carbocycles. The highest BCUT2D eigenvalue weighted by Gasteiger charge is 2.52. The van der Waals surface area contributed by atoms with Crippen LogP contribution in [-0.4, -0.2) is 48.6 Å². The van der Waals surface area contributed by atoms with Gasteiger partial charge >= 0.3 is 0 Å². The van der Waals surface area contributed by atoms with Crippen LogP contribution in [0.2, 0.25) is 0 Å². The summed E-state index contributed by atoms with van der Waals surface area (Å²) in [5, 5.41) is 3.20. The molecule has 3 atom stereocenters. The summed E-state index contributed by atoms with van der Waals surface area (Å²) < 4.78 is 24.2. The third-order valence-electron chi connectivity index (χ3n) is 6.73. The van der Waals surface area contributed by atoms with Crippen molar-refractivity contribution < 1.29 is 23.5 Å². The summed E-state index contributed by atoms with van der Waals surface area (Å²) in [5.74, 6) is 0.274. The monoisotopic (exact) mass is 454 g/mol. The molecule has 0 unspecified atom stereocenters. The molecule has 0 aromatic heterocycles. The highest BCUT2D eigenvalue weighted by atomic mass is 19.1. The van der Waals surface area contributed by atoms with E-state index < -0.39 is 5.54 Å². The fraction of sp³-hybridized carbons (Fsp3) is 0.462. The smallest absolute Gasteiger partial charge is 0.254 e. The highest BCUT2D eigenvalue weighted by Crippen LogP contribution is 2.45. The number of ether oxygens (including phenoxy) is 2. The van der Waals surface area contributed by atoms with E-state index in [0.29, 0.717) is 37.4 Å². The topological polar surface area (TPSA) is 67.9 Å².